The summed E-state index contributed by atoms with van der Waals surface area (Å²) >= 11 is 0. The van der Waals surface area contributed by atoms with Crippen molar-refractivity contribution in [3.8, 4) is 0 Å². The SMILES string of the molecule is CCOCCOCC(=O)N(CC(=O)O)CC(C)C. The second-order valence-corrected chi connectivity index (χ2v) is 4.31. The summed E-state index contributed by atoms with van der Waals surface area (Å²) in [6, 6.07) is 0. The van der Waals surface area contributed by atoms with Gasteiger partial charge in [0.25, 0.3) is 0 Å². The fourth-order valence-corrected chi connectivity index (χ4v) is 1.37. The maximum Gasteiger partial charge on any atom is 0.323 e. The van der Waals surface area contributed by atoms with E-state index in [1.807, 2.05) is 20.8 Å². The lowest BCUT2D eigenvalue weighted by molar-refractivity contribution is -0.147. The predicted molar refractivity (Wildman–Crippen MR) is 66.4 cm³/mol. The highest BCUT2D eigenvalue weighted by Crippen LogP contribution is 2.00. The summed E-state index contributed by atoms with van der Waals surface area (Å²) in [7, 11) is 0. The molecule has 0 aromatic carbocycles. The van der Waals surface area contributed by atoms with E-state index in [4.69, 9.17) is 14.6 Å². The van der Waals surface area contributed by atoms with Crippen molar-refractivity contribution in [2.75, 3.05) is 39.5 Å². The van der Waals surface area contributed by atoms with Gasteiger partial charge < -0.3 is 19.5 Å². The Balaban J connectivity index is 4.00. The van der Waals surface area contributed by atoms with Gasteiger partial charge in [0, 0.05) is 13.2 Å². The van der Waals surface area contributed by atoms with Crippen LogP contribution in [0.3, 0.4) is 0 Å². The average Bonchev–Trinajstić information content (AvgIpc) is 2.26. The predicted octanol–water partition coefficient (Wildman–Crippen LogP) is 0.609. The largest absolute Gasteiger partial charge is 0.480 e. The molecule has 0 radical (unpaired) electrons. The Hall–Kier alpha value is -1.14. The number of ether oxygens (including phenoxy) is 2. The molecule has 0 aliphatic heterocycles. The Kier molecular flexibility index (Phi) is 9.22. The van der Waals surface area contributed by atoms with Crippen molar-refractivity contribution < 1.29 is 24.2 Å². The minimum absolute atomic E-state index is 0.104. The van der Waals surface area contributed by atoms with Gasteiger partial charge in [-0.25, -0.2) is 0 Å². The van der Waals surface area contributed by atoms with E-state index < -0.39 is 5.97 Å². The molecule has 106 valence electrons. The summed E-state index contributed by atoms with van der Waals surface area (Å²) in [5.41, 5.74) is 0. The molecule has 0 saturated carbocycles. The molecule has 1 N–H and O–H groups in total. The van der Waals surface area contributed by atoms with Crippen molar-refractivity contribution in [2.24, 2.45) is 5.92 Å². The first-order chi connectivity index (χ1) is 8.47. The van der Waals surface area contributed by atoms with E-state index in [9.17, 15) is 9.59 Å². The average molecular weight is 261 g/mol. The molecule has 0 aliphatic carbocycles. The van der Waals surface area contributed by atoms with Crippen LogP contribution in [0.4, 0.5) is 0 Å². The minimum atomic E-state index is -1.02. The first-order valence-electron chi connectivity index (χ1n) is 6.12. The van der Waals surface area contributed by atoms with Gasteiger partial charge in [0.05, 0.1) is 13.2 Å². The molecule has 0 bridgehead atoms. The van der Waals surface area contributed by atoms with E-state index >= 15 is 0 Å². The first-order valence-corrected chi connectivity index (χ1v) is 6.12. The van der Waals surface area contributed by atoms with E-state index in [2.05, 4.69) is 0 Å². The molecule has 0 unspecified atom stereocenters. The molecule has 1 amide bonds. The Morgan fingerprint density at radius 1 is 1.22 bits per heavy atom. The van der Waals surface area contributed by atoms with E-state index in [1.165, 1.54) is 4.90 Å². The zero-order chi connectivity index (χ0) is 14.0. The Morgan fingerprint density at radius 3 is 2.33 bits per heavy atom. The third-order valence-electron chi connectivity index (χ3n) is 2.07. The molecule has 0 saturated heterocycles. The fourth-order valence-electron chi connectivity index (χ4n) is 1.37. The third-order valence-corrected chi connectivity index (χ3v) is 2.07. The molecular formula is C12H23NO5. The number of amides is 1. The second kappa shape index (κ2) is 9.85. The summed E-state index contributed by atoms with van der Waals surface area (Å²) in [5.74, 6) is -1.10. The highest BCUT2D eigenvalue weighted by Gasteiger charge is 2.17. The molecule has 0 spiro atoms. The lowest BCUT2D eigenvalue weighted by atomic mass is 10.2. The van der Waals surface area contributed by atoms with Crippen LogP contribution in [0.2, 0.25) is 0 Å². The zero-order valence-electron chi connectivity index (χ0n) is 11.3. The molecule has 0 aromatic heterocycles. The molecular weight excluding hydrogens is 238 g/mol. The number of rotatable bonds is 10. The standard InChI is InChI=1S/C12H23NO5/c1-4-17-5-6-18-9-11(14)13(7-10(2)3)8-12(15)16/h10H,4-9H2,1-3H3,(H,15,16). The number of hydrogen-bond donors (Lipinski definition) is 1. The van der Waals surface area contributed by atoms with Crippen LogP contribution in [-0.2, 0) is 19.1 Å². The van der Waals surface area contributed by atoms with Crippen LogP contribution in [0.15, 0.2) is 0 Å². The Bertz CT molecular complexity index is 255. The number of hydrogen-bond acceptors (Lipinski definition) is 4. The van der Waals surface area contributed by atoms with Gasteiger partial charge in [-0.05, 0) is 12.8 Å². The Labute approximate surface area is 108 Å². The quantitative estimate of drug-likeness (QED) is 0.583. The number of carboxylic acids is 1. The van der Waals surface area contributed by atoms with Crippen LogP contribution in [0.25, 0.3) is 0 Å². The summed E-state index contributed by atoms with van der Waals surface area (Å²) in [4.78, 5) is 23.7. The Morgan fingerprint density at radius 2 is 1.83 bits per heavy atom. The van der Waals surface area contributed by atoms with Gasteiger partial charge in [0.15, 0.2) is 0 Å². The second-order valence-electron chi connectivity index (χ2n) is 4.31. The number of carbonyl (C=O) groups excluding carboxylic acids is 1. The summed E-state index contributed by atoms with van der Waals surface area (Å²) in [5, 5.41) is 8.73. The van der Waals surface area contributed by atoms with Crippen LogP contribution in [0.1, 0.15) is 20.8 Å². The van der Waals surface area contributed by atoms with Crippen molar-refractivity contribution in [1.29, 1.82) is 0 Å². The van der Waals surface area contributed by atoms with Crippen molar-refractivity contribution in [3.63, 3.8) is 0 Å². The van der Waals surface area contributed by atoms with Gasteiger partial charge in [-0.2, -0.15) is 0 Å². The van der Waals surface area contributed by atoms with Crippen LogP contribution >= 0.6 is 0 Å². The van der Waals surface area contributed by atoms with Gasteiger partial charge >= 0.3 is 5.97 Å². The molecule has 0 aromatic rings. The highest BCUT2D eigenvalue weighted by atomic mass is 16.5. The van der Waals surface area contributed by atoms with Gasteiger partial charge in [0.1, 0.15) is 13.2 Å². The molecule has 0 aliphatic rings. The monoisotopic (exact) mass is 261 g/mol. The van der Waals surface area contributed by atoms with Crippen molar-refractivity contribution in [1.82, 2.24) is 4.90 Å². The molecule has 0 heterocycles. The minimum Gasteiger partial charge on any atom is -0.480 e. The van der Waals surface area contributed by atoms with Crippen molar-refractivity contribution in [3.05, 3.63) is 0 Å². The molecule has 18 heavy (non-hydrogen) atoms. The van der Waals surface area contributed by atoms with Gasteiger partial charge in [0.2, 0.25) is 5.91 Å². The van der Waals surface area contributed by atoms with Crippen LogP contribution in [0.5, 0.6) is 0 Å². The van der Waals surface area contributed by atoms with E-state index in [0.717, 1.165) is 0 Å². The number of aliphatic carboxylic acids is 1. The summed E-state index contributed by atoms with van der Waals surface area (Å²) in [6.45, 7) is 7.14. The molecule has 0 rings (SSSR count). The van der Waals surface area contributed by atoms with Crippen molar-refractivity contribution >= 4 is 11.9 Å². The maximum absolute atomic E-state index is 11.7. The van der Waals surface area contributed by atoms with E-state index in [-0.39, 0.29) is 25.0 Å². The third kappa shape index (κ3) is 8.95. The summed E-state index contributed by atoms with van der Waals surface area (Å²) in [6.07, 6.45) is 0. The smallest absolute Gasteiger partial charge is 0.323 e. The van der Waals surface area contributed by atoms with Crippen LogP contribution in [-0.4, -0.2) is 61.4 Å². The normalized spacial score (nSPS) is 10.7. The van der Waals surface area contributed by atoms with Crippen LogP contribution < -0.4 is 0 Å². The highest BCUT2D eigenvalue weighted by molar-refractivity contribution is 5.82. The lowest BCUT2D eigenvalue weighted by Crippen LogP contribution is -2.40. The number of nitrogens with zero attached hydrogens (tertiary/aromatic N) is 1. The van der Waals surface area contributed by atoms with E-state index in [1.54, 1.807) is 0 Å². The van der Waals surface area contributed by atoms with Gasteiger partial charge in [-0.1, -0.05) is 13.8 Å². The summed E-state index contributed by atoms with van der Waals surface area (Å²) < 4.78 is 10.2. The lowest BCUT2D eigenvalue weighted by Gasteiger charge is -2.22. The maximum atomic E-state index is 11.7. The van der Waals surface area contributed by atoms with E-state index in [0.29, 0.717) is 26.4 Å². The number of carboxylic acid groups (broad SMARTS) is 1. The van der Waals surface area contributed by atoms with Gasteiger partial charge in [-0.3, -0.25) is 9.59 Å². The zero-order valence-corrected chi connectivity index (χ0v) is 11.3. The molecule has 0 fully saturated rings. The molecule has 0 atom stereocenters. The fraction of sp³-hybridized carbons (Fsp3) is 0.833. The topological polar surface area (TPSA) is 76.1 Å². The van der Waals surface area contributed by atoms with Crippen LogP contribution in [0, 0.1) is 5.92 Å². The van der Waals surface area contributed by atoms with Gasteiger partial charge in [-0.15, -0.1) is 0 Å². The molecule has 6 nitrogen and oxygen atoms in total. The van der Waals surface area contributed by atoms with Crippen molar-refractivity contribution in [2.45, 2.75) is 20.8 Å². The molecule has 6 heteroatoms. The first kappa shape index (κ1) is 16.9. The number of carbonyl (C=O) groups is 2.